The number of guanidine groups is 1. The highest BCUT2D eigenvalue weighted by Gasteiger charge is 2.27. The molecule has 1 aromatic heterocycles. The average Bonchev–Trinajstić information content (AvgIpc) is 3.33. The van der Waals surface area contributed by atoms with E-state index in [-0.39, 0.29) is 0 Å². The highest BCUT2D eigenvalue weighted by atomic mass is 15.3. The maximum Gasteiger partial charge on any atom is 0.191 e. The molecule has 0 radical (unpaired) electrons. The fourth-order valence-corrected chi connectivity index (χ4v) is 2.64. The molecule has 3 rings (SSSR count). The molecule has 0 aliphatic heterocycles. The molecule has 1 fully saturated rings. The van der Waals surface area contributed by atoms with Crippen LogP contribution in [0.3, 0.4) is 0 Å². The second kappa shape index (κ2) is 5.83. The van der Waals surface area contributed by atoms with Crippen LogP contribution in [-0.4, -0.2) is 33.7 Å². The van der Waals surface area contributed by atoms with Gasteiger partial charge >= 0.3 is 0 Å². The molecule has 1 aliphatic rings. The lowest BCUT2D eigenvalue weighted by Gasteiger charge is -2.16. The highest BCUT2D eigenvalue weighted by molar-refractivity contribution is 5.78. The quantitative estimate of drug-likeness (QED) is 0.696. The Labute approximate surface area is 131 Å². The zero-order valence-electron chi connectivity index (χ0n) is 13.5. The SMILES string of the molecule is Cc1nn(-c2ccccc2)c(C)c1CN=C(N)N(C)C1CC1. The summed E-state index contributed by atoms with van der Waals surface area (Å²) in [6, 6.07) is 10.7. The van der Waals surface area contributed by atoms with Gasteiger partial charge in [-0.05, 0) is 38.8 Å². The number of hydrogen-bond donors (Lipinski definition) is 1. The molecule has 116 valence electrons. The van der Waals surface area contributed by atoms with Gasteiger partial charge in [-0.3, -0.25) is 0 Å². The van der Waals surface area contributed by atoms with E-state index < -0.39 is 0 Å². The largest absolute Gasteiger partial charge is 0.370 e. The third-order valence-corrected chi connectivity index (χ3v) is 4.30. The first-order chi connectivity index (χ1) is 10.6. The molecule has 22 heavy (non-hydrogen) atoms. The molecule has 0 amide bonds. The Morgan fingerprint density at radius 1 is 1.32 bits per heavy atom. The fraction of sp³-hybridized carbons (Fsp3) is 0.412. The fourth-order valence-electron chi connectivity index (χ4n) is 2.64. The molecule has 5 nitrogen and oxygen atoms in total. The number of aryl methyl sites for hydroxylation is 1. The minimum absolute atomic E-state index is 0.577. The molecule has 1 heterocycles. The summed E-state index contributed by atoms with van der Waals surface area (Å²) in [5.41, 5.74) is 10.4. The normalized spacial score (nSPS) is 15.1. The van der Waals surface area contributed by atoms with E-state index in [1.54, 1.807) is 0 Å². The van der Waals surface area contributed by atoms with Crippen LogP contribution in [0.4, 0.5) is 0 Å². The summed E-state index contributed by atoms with van der Waals surface area (Å²) in [7, 11) is 2.02. The summed E-state index contributed by atoms with van der Waals surface area (Å²) in [6.07, 6.45) is 2.44. The minimum atomic E-state index is 0.577. The van der Waals surface area contributed by atoms with Crippen LogP contribution >= 0.6 is 0 Å². The van der Waals surface area contributed by atoms with Crippen molar-refractivity contribution >= 4 is 5.96 Å². The molecule has 1 aromatic carbocycles. The Bertz CT molecular complexity index is 683. The maximum absolute atomic E-state index is 6.07. The molecule has 0 spiro atoms. The Morgan fingerprint density at radius 2 is 2.00 bits per heavy atom. The van der Waals surface area contributed by atoms with Crippen LogP contribution in [0.5, 0.6) is 0 Å². The van der Waals surface area contributed by atoms with Gasteiger partial charge < -0.3 is 10.6 Å². The van der Waals surface area contributed by atoms with E-state index in [9.17, 15) is 0 Å². The van der Waals surface area contributed by atoms with E-state index in [1.165, 1.54) is 12.8 Å². The first kappa shape index (κ1) is 14.6. The van der Waals surface area contributed by atoms with Gasteiger partial charge in [0.25, 0.3) is 0 Å². The molecule has 2 N–H and O–H groups in total. The van der Waals surface area contributed by atoms with Crippen molar-refractivity contribution < 1.29 is 0 Å². The van der Waals surface area contributed by atoms with Crippen LogP contribution in [-0.2, 0) is 6.54 Å². The van der Waals surface area contributed by atoms with Gasteiger partial charge in [-0.1, -0.05) is 18.2 Å². The number of aliphatic imine (C=N–C) groups is 1. The van der Waals surface area contributed by atoms with Crippen molar-refractivity contribution in [1.82, 2.24) is 14.7 Å². The molecule has 0 bridgehead atoms. The van der Waals surface area contributed by atoms with Crippen molar-refractivity contribution in [3.8, 4) is 5.69 Å². The molecule has 2 aromatic rings. The summed E-state index contributed by atoms with van der Waals surface area (Å²) < 4.78 is 1.97. The zero-order valence-corrected chi connectivity index (χ0v) is 13.5. The molecule has 5 heteroatoms. The average molecular weight is 297 g/mol. The smallest absolute Gasteiger partial charge is 0.191 e. The number of benzene rings is 1. The minimum Gasteiger partial charge on any atom is -0.370 e. The van der Waals surface area contributed by atoms with Crippen molar-refractivity contribution in [1.29, 1.82) is 0 Å². The van der Waals surface area contributed by atoms with Gasteiger partial charge in [0.15, 0.2) is 5.96 Å². The lowest BCUT2D eigenvalue weighted by atomic mass is 10.2. The first-order valence-electron chi connectivity index (χ1n) is 7.71. The molecule has 1 saturated carbocycles. The Kier molecular flexibility index (Phi) is 3.88. The van der Waals surface area contributed by atoms with Crippen LogP contribution < -0.4 is 5.73 Å². The van der Waals surface area contributed by atoms with E-state index in [0.29, 0.717) is 18.5 Å². The van der Waals surface area contributed by atoms with E-state index in [4.69, 9.17) is 5.73 Å². The maximum atomic E-state index is 6.07. The van der Waals surface area contributed by atoms with Crippen molar-refractivity contribution in [2.45, 2.75) is 39.3 Å². The molecule has 0 unspecified atom stereocenters. The predicted octanol–water partition coefficient (Wildman–Crippen LogP) is 2.40. The van der Waals surface area contributed by atoms with Crippen molar-refractivity contribution in [2.75, 3.05) is 7.05 Å². The standard InChI is InChI=1S/C17H23N5/c1-12-16(11-19-17(18)21(3)14-9-10-14)13(2)22(20-12)15-7-5-4-6-8-15/h4-8,14H,9-11H2,1-3H3,(H2,18,19). The molecular weight excluding hydrogens is 274 g/mol. The highest BCUT2D eigenvalue weighted by Crippen LogP contribution is 2.25. The second-order valence-electron chi connectivity index (χ2n) is 5.91. The Morgan fingerprint density at radius 3 is 2.64 bits per heavy atom. The number of para-hydroxylation sites is 1. The van der Waals surface area contributed by atoms with Crippen LogP contribution in [0.2, 0.25) is 0 Å². The summed E-state index contributed by atoms with van der Waals surface area (Å²) >= 11 is 0. The number of rotatable bonds is 4. The van der Waals surface area contributed by atoms with Gasteiger partial charge in [0, 0.05) is 24.3 Å². The van der Waals surface area contributed by atoms with E-state index >= 15 is 0 Å². The van der Waals surface area contributed by atoms with Gasteiger partial charge in [-0.2, -0.15) is 5.10 Å². The third-order valence-electron chi connectivity index (χ3n) is 4.30. The van der Waals surface area contributed by atoms with Crippen LogP contribution in [0.25, 0.3) is 5.69 Å². The summed E-state index contributed by atoms with van der Waals surface area (Å²) in [5.74, 6) is 0.619. The van der Waals surface area contributed by atoms with Crippen LogP contribution in [0.1, 0.15) is 29.8 Å². The van der Waals surface area contributed by atoms with Crippen molar-refractivity contribution in [2.24, 2.45) is 10.7 Å². The van der Waals surface area contributed by atoms with Gasteiger partial charge in [-0.25, -0.2) is 9.67 Å². The molecule has 0 atom stereocenters. The third kappa shape index (κ3) is 2.84. The van der Waals surface area contributed by atoms with Crippen LogP contribution in [0.15, 0.2) is 35.3 Å². The van der Waals surface area contributed by atoms with Gasteiger partial charge in [0.1, 0.15) is 0 Å². The van der Waals surface area contributed by atoms with E-state index in [1.807, 2.05) is 36.9 Å². The number of aromatic nitrogens is 2. The number of nitrogens with zero attached hydrogens (tertiary/aromatic N) is 4. The molecule has 1 aliphatic carbocycles. The topological polar surface area (TPSA) is 59.4 Å². The van der Waals surface area contributed by atoms with E-state index in [2.05, 4.69) is 34.0 Å². The lowest BCUT2D eigenvalue weighted by Crippen LogP contribution is -2.35. The lowest BCUT2D eigenvalue weighted by molar-refractivity contribution is 0.487. The zero-order chi connectivity index (χ0) is 15.7. The Balaban J connectivity index is 1.82. The van der Waals surface area contributed by atoms with Gasteiger partial charge in [0.05, 0.1) is 17.9 Å². The number of hydrogen-bond acceptors (Lipinski definition) is 2. The van der Waals surface area contributed by atoms with Crippen molar-refractivity contribution in [3.63, 3.8) is 0 Å². The van der Waals surface area contributed by atoms with E-state index in [0.717, 1.165) is 22.6 Å². The monoisotopic (exact) mass is 297 g/mol. The molecule has 0 saturated heterocycles. The van der Waals surface area contributed by atoms with Gasteiger partial charge in [0.2, 0.25) is 0 Å². The first-order valence-corrected chi connectivity index (χ1v) is 7.71. The Hall–Kier alpha value is -2.30. The van der Waals surface area contributed by atoms with Crippen molar-refractivity contribution in [3.05, 3.63) is 47.3 Å². The predicted molar refractivity (Wildman–Crippen MR) is 89.1 cm³/mol. The summed E-state index contributed by atoms with van der Waals surface area (Å²) in [6.45, 7) is 4.68. The van der Waals surface area contributed by atoms with Crippen LogP contribution in [0, 0.1) is 13.8 Å². The summed E-state index contributed by atoms with van der Waals surface area (Å²) in [5, 5.41) is 4.64. The molecular formula is C17H23N5. The summed E-state index contributed by atoms with van der Waals surface area (Å²) in [4.78, 5) is 6.63. The number of nitrogens with two attached hydrogens (primary N) is 1. The second-order valence-corrected chi connectivity index (χ2v) is 5.91. The van der Waals surface area contributed by atoms with Gasteiger partial charge in [-0.15, -0.1) is 0 Å².